The molecule has 4 heterocycles. The molecule has 0 fully saturated rings. The highest BCUT2D eigenvalue weighted by Crippen LogP contribution is 2.39. The number of nitrogens with zero attached hydrogens (tertiary/aromatic N) is 4. The molecular formula is C43H36N4O2. The fourth-order valence-corrected chi connectivity index (χ4v) is 7.02. The van der Waals surface area contributed by atoms with Crippen molar-refractivity contribution < 1.29 is 9.15 Å². The highest BCUT2D eigenvalue weighted by Gasteiger charge is 2.24. The Morgan fingerprint density at radius 2 is 1.43 bits per heavy atom. The SMILES string of the molecule is CN1CN(c2cc(Oc3ccc4c5ccccc5n(-c5cc6oc7ccccc7c6cn5)c4c3)cc(C(C)(C)C)c2)C=C1c1ccccc1. The highest BCUT2D eigenvalue weighted by molar-refractivity contribution is 6.10. The second-order valence-corrected chi connectivity index (χ2v) is 13.9. The quantitative estimate of drug-likeness (QED) is 0.187. The molecule has 0 spiro atoms. The van der Waals surface area contributed by atoms with Crippen LogP contribution in [-0.2, 0) is 5.41 Å². The zero-order chi connectivity index (χ0) is 33.3. The zero-order valence-corrected chi connectivity index (χ0v) is 28.0. The van der Waals surface area contributed by atoms with Crippen molar-refractivity contribution in [3.63, 3.8) is 0 Å². The van der Waals surface area contributed by atoms with Gasteiger partial charge in [0.05, 0.1) is 23.4 Å². The van der Waals surface area contributed by atoms with Crippen LogP contribution in [0.2, 0.25) is 0 Å². The molecule has 0 amide bonds. The fourth-order valence-electron chi connectivity index (χ4n) is 7.02. The van der Waals surface area contributed by atoms with E-state index in [2.05, 4.69) is 145 Å². The number of anilines is 1. The van der Waals surface area contributed by atoms with E-state index in [0.29, 0.717) is 0 Å². The summed E-state index contributed by atoms with van der Waals surface area (Å²) in [6.45, 7) is 7.49. The minimum Gasteiger partial charge on any atom is -0.457 e. The molecule has 0 saturated heterocycles. The Morgan fingerprint density at radius 3 is 2.27 bits per heavy atom. The summed E-state index contributed by atoms with van der Waals surface area (Å²) in [5, 5.41) is 4.37. The number of pyridine rings is 1. The van der Waals surface area contributed by atoms with Gasteiger partial charge in [0, 0.05) is 64.9 Å². The molecule has 6 heteroatoms. The van der Waals surface area contributed by atoms with Gasteiger partial charge in [0.2, 0.25) is 0 Å². The first-order valence-corrected chi connectivity index (χ1v) is 16.7. The molecule has 0 atom stereocenters. The Kier molecular flexibility index (Phi) is 6.56. The van der Waals surface area contributed by atoms with Crippen molar-refractivity contribution in [2.24, 2.45) is 0 Å². The third-order valence-corrected chi connectivity index (χ3v) is 9.57. The molecule has 0 bridgehead atoms. The van der Waals surface area contributed by atoms with Crippen LogP contribution < -0.4 is 9.64 Å². The molecule has 0 saturated carbocycles. The lowest BCUT2D eigenvalue weighted by Gasteiger charge is -2.25. The first kappa shape index (κ1) is 29.2. The summed E-state index contributed by atoms with van der Waals surface area (Å²) in [6, 6.07) is 42.1. The molecule has 5 aromatic carbocycles. The van der Waals surface area contributed by atoms with E-state index in [9.17, 15) is 0 Å². The first-order chi connectivity index (χ1) is 23.8. The molecule has 3 aromatic heterocycles. The van der Waals surface area contributed by atoms with Gasteiger partial charge in [-0.2, -0.15) is 0 Å². The van der Waals surface area contributed by atoms with Crippen LogP contribution in [0.25, 0.3) is 55.3 Å². The summed E-state index contributed by atoms with van der Waals surface area (Å²) in [4.78, 5) is 9.54. The maximum absolute atomic E-state index is 6.74. The Labute approximate surface area is 285 Å². The normalized spacial score (nSPS) is 13.7. The number of furan rings is 1. The van der Waals surface area contributed by atoms with Crippen molar-refractivity contribution in [3.8, 4) is 17.3 Å². The van der Waals surface area contributed by atoms with Gasteiger partial charge in [-0.05, 0) is 52.9 Å². The number of rotatable bonds is 5. The van der Waals surface area contributed by atoms with Crippen molar-refractivity contribution in [1.82, 2.24) is 14.5 Å². The van der Waals surface area contributed by atoms with Crippen LogP contribution in [0.1, 0.15) is 31.9 Å². The molecule has 49 heavy (non-hydrogen) atoms. The molecule has 1 aliphatic rings. The van der Waals surface area contributed by atoms with E-state index >= 15 is 0 Å². The van der Waals surface area contributed by atoms with E-state index in [1.807, 2.05) is 30.5 Å². The number of para-hydroxylation sites is 2. The van der Waals surface area contributed by atoms with Crippen LogP contribution in [0.15, 0.2) is 138 Å². The summed E-state index contributed by atoms with van der Waals surface area (Å²) in [6.07, 6.45) is 4.15. The van der Waals surface area contributed by atoms with Crippen LogP contribution in [0.3, 0.4) is 0 Å². The Morgan fingerprint density at radius 1 is 0.673 bits per heavy atom. The Bertz CT molecular complexity index is 2570. The highest BCUT2D eigenvalue weighted by atomic mass is 16.5. The molecule has 0 unspecified atom stereocenters. The average Bonchev–Trinajstić information content (AvgIpc) is 3.78. The van der Waals surface area contributed by atoms with Gasteiger partial charge in [0.1, 0.15) is 28.5 Å². The molecule has 0 N–H and O–H groups in total. The Balaban J connectivity index is 1.14. The summed E-state index contributed by atoms with van der Waals surface area (Å²) in [7, 11) is 2.14. The smallest absolute Gasteiger partial charge is 0.141 e. The molecule has 9 rings (SSSR count). The molecule has 240 valence electrons. The van der Waals surface area contributed by atoms with E-state index in [-0.39, 0.29) is 5.41 Å². The summed E-state index contributed by atoms with van der Waals surface area (Å²) in [5.41, 5.74) is 8.40. The number of hydrogen-bond donors (Lipinski definition) is 0. The van der Waals surface area contributed by atoms with Crippen molar-refractivity contribution >= 4 is 55.1 Å². The lowest BCUT2D eigenvalue weighted by Crippen LogP contribution is -2.23. The molecular weight excluding hydrogens is 604 g/mol. The van der Waals surface area contributed by atoms with E-state index in [0.717, 1.165) is 73.4 Å². The van der Waals surface area contributed by atoms with Gasteiger partial charge in [0.15, 0.2) is 0 Å². The number of aromatic nitrogens is 2. The average molecular weight is 641 g/mol. The summed E-state index contributed by atoms with van der Waals surface area (Å²) in [5.74, 6) is 2.36. The molecule has 1 aliphatic heterocycles. The lowest BCUT2D eigenvalue weighted by atomic mass is 9.86. The molecule has 8 aromatic rings. The topological polar surface area (TPSA) is 46.7 Å². The van der Waals surface area contributed by atoms with Gasteiger partial charge in [-0.3, -0.25) is 4.57 Å². The summed E-state index contributed by atoms with van der Waals surface area (Å²) < 4.78 is 15.2. The number of benzene rings is 5. The predicted octanol–water partition coefficient (Wildman–Crippen LogP) is 10.9. The number of fused-ring (bicyclic) bond motifs is 6. The largest absolute Gasteiger partial charge is 0.457 e. The van der Waals surface area contributed by atoms with Crippen molar-refractivity contribution in [1.29, 1.82) is 0 Å². The second kappa shape index (κ2) is 11.0. The van der Waals surface area contributed by atoms with Crippen LogP contribution in [0.4, 0.5) is 5.69 Å². The van der Waals surface area contributed by atoms with Gasteiger partial charge in [0.25, 0.3) is 0 Å². The third-order valence-electron chi connectivity index (χ3n) is 9.57. The maximum atomic E-state index is 6.74. The number of hydrogen-bond acceptors (Lipinski definition) is 5. The van der Waals surface area contributed by atoms with Gasteiger partial charge >= 0.3 is 0 Å². The standard InChI is InChI=1S/C43H36N4O2/c1-43(2,3)29-20-30(46-26-39(45(4)27-46)28-12-6-5-7-13-28)22-32(21-29)48-31-18-19-34-33-14-8-10-16-37(33)47(38(34)23-31)42-24-41-36(25-44-42)35-15-9-11-17-40(35)49-41/h5-26H,27H2,1-4H3. The molecule has 0 aliphatic carbocycles. The lowest BCUT2D eigenvalue weighted by molar-refractivity contribution is 0.478. The van der Waals surface area contributed by atoms with Gasteiger partial charge in [-0.15, -0.1) is 0 Å². The summed E-state index contributed by atoms with van der Waals surface area (Å²) >= 11 is 0. The number of ether oxygens (including phenoxy) is 1. The monoisotopic (exact) mass is 640 g/mol. The molecule has 0 radical (unpaired) electrons. The predicted molar refractivity (Wildman–Crippen MR) is 201 cm³/mol. The van der Waals surface area contributed by atoms with Crippen molar-refractivity contribution in [3.05, 3.63) is 145 Å². The van der Waals surface area contributed by atoms with E-state index < -0.39 is 0 Å². The van der Waals surface area contributed by atoms with Gasteiger partial charge < -0.3 is 19.0 Å². The minimum atomic E-state index is -0.0664. The minimum absolute atomic E-state index is 0.0664. The first-order valence-electron chi connectivity index (χ1n) is 16.7. The van der Waals surface area contributed by atoms with Crippen molar-refractivity contribution in [2.45, 2.75) is 26.2 Å². The second-order valence-electron chi connectivity index (χ2n) is 13.9. The maximum Gasteiger partial charge on any atom is 0.141 e. The van der Waals surface area contributed by atoms with Crippen LogP contribution in [0.5, 0.6) is 11.5 Å². The van der Waals surface area contributed by atoms with Gasteiger partial charge in [-0.25, -0.2) is 4.98 Å². The van der Waals surface area contributed by atoms with Gasteiger partial charge in [-0.1, -0.05) is 87.5 Å². The third kappa shape index (κ3) is 4.99. The van der Waals surface area contributed by atoms with E-state index in [1.165, 1.54) is 16.8 Å². The Hall–Kier alpha value is -6.01. The van der Waals surface area contributed by atoms with E-state index in [4.69, 9.17) is 14.1 Å². The van der Waals surface area contributed by atoms with Crippen molar-refractivity contribution in [2.75, 3.05) is 18.6 Å². The zero-order valence-electron chi connectivity index (χ0n) is 28.0. The van der Waals surface area contributed by atoms with Crippen LogP contribution in [0, 0.1) is 0 Å². The molecule has 6 nitrogen and oxygen atoms in total. The fraction of sp³-hybridized carbons (Fsp3) is 0.140. The van der Waals surface area contributed by atoms with Crippen LogP contribution in [-0.4, -0.2) is 28.2 Å². The van der Waals surface area contributed by atoms with Crippen LogP contribution >= 0.6 is 0 Å². The van der Waals surface area contributed by atoms with E-state index in [1.54, 1.807) is 0 Å².